The molecule has 0 N–H and O–H groups in total. The van der Waals surface area contributed by atoms with Crippen LogP contribution in [0.4, 0.5) is 0 Å². The lowest BCUT2D eigenvalue weighted by atomic mass is 10.1. The Morgan fingerprint density at radius 1 is 1.47 bits per heavy atom. The summed E-state index contributed by atoms with van der Waals surface area (Å²) in [6, 6.07) is 6.81. The first-order chi connectivity index (χ1) is 9.19. The number of aromatic nitrogens is 2. The fourth-order valence-electron chi connectivity index (χ4n) is 2.81. The minimum Gasteiger partial charge on any atom is -0.325 e. The summed E-state index contributed by atoms with van der Waals surface area (Å²) < 4.78 is 3.50. The summed E-state index contributed by atoms with van der Waals surface area (Å²) in [6.07, 6.45) is 4.88. The summed E-state index contributed by atoms with van der Waals surface area (Å²) >= 11 is 9.49. The summed E-state index contributed by atoms with van der Waals surface area (Å²) in [5.41, 5.74) is 2.30. The van der Waals surface area contributed by atoms with Crippen LogP contribution in [-0.4, -0.2) is 15.4 Å². The van der Waals surface area contributed by atoms with E-state index in [1.807, 2.05) is 0 Å². The number of aryl methyl sites for hydroxylation is 1. The van der Waals surface area contributed by atoms with E-state index in [4.69, 9.17) is 16.6 Å². The van der Waals surface area contributed by atoms with Gasteiger partial charge in [-0.15, -0.1) is 11.6 Å². The van der Waals surface area contributed by atoms with Crippen LogP contribution in [0.15, 0.2) is 22.7 Å². The molecule has 102 valence electrons. The molecule has 0 aliphatic heterocycles. The van der Waals surface area contributed by atoms with Crippen LogP contribution in [0.2, 0.25) is 0 Å². The zero-order chi connectivity index (χ0) is 13.4. The highest BCUT2D eigenvalue weighted by atomic mass is 79.9. The van der Waals surface area contributed by atoms with Gasteiger partial charge in [-0.1, -0.05) is 28.8 Å². The molecule has 0 radical (unpaired) electrons. The van der Waals surface area contributed by atoms with Gasteiger partial charge in [-0.05, 0) is 37.5 Å². The van der Waals surface area contributed by atoms with Crippen molar-refractivity contribution in [3.63, 3.8) is 0 Å². The smallest absolute Gasteiger partial charge is 0.111 e. The highest BCUT2D eigenvalue weighted by molar-refractivity contribution is 9.10. The van der Waals surface area contributed by atoms with Gasteiger partial charge in [0.1, 0.15) is 5.82 Å². The van der Waals surface area contributed by atoms with Gasteiger partial charge in [0.15, 0.2) is 0 Å². The van der Waals surface area contributed by atoms with E-state index in [9.17, 15) is 0 Å². The maximum absolute atomic E-state index is 5.93. The van der Waals surface area contributed by atoms with Crippen LogP contribution in [0.1, 0.15) is 38.1 Å². The van der Waals surface area contributed by atoms with Gasteiger partial charge in [0, 0.05) is 22.8 Å². The number of rotatable bonds is 5. The Bertz CT molecular complexity index is 589. The SMILES string of the molecule is CC(CC1CC1)n1c(CCCl)nc2ccc(Br)cc21. The molecule has 1 aliphatic carbocycles. The van der Waals surface area contributed by atoms with Crippen LogP contribution < -0.4 is 0 Å². The predicted octanol–water partition coefficient (Wildman–Crippen LogP) is 4.94. The molecule has 4 heteroatoms. The number of fused-ring (bicyclic) bond motifs is 1. The average molecular weight is 342 g/mol. The van der Waals surface area contributed by atoms with Gasteiger partial charge in [0.05, 0.1) is 11.0 Å². The van der Waals surface area contributed by atoms with Crippen molar-refractivity contribution in [3.8, 4) is 0 Å². The Balaban J connectivity index is 2.05. The summed E-state index contributed by atoms with van der Waals surface area (Å²) in [7, 11) is 0. The molecule has 0 spiro atoms. The molecular weight excluding hydrogens is 324 g/mol. The lowest BCUT2D eigenvalue weighted by molar-refractivity contribution is 0.473. The maximum atomic E-state index is 5.93. The van der Waals surface area contributed by atoms with E-state index in [-0.39, 0.29) is 0 Å². The second kappa shape index (κ2) is 5.45. The lowest BCUT2D eigenvalue weighted by Crippen LogP contribution is -2.10. The normalized spacial score (nSPS) is 17.0. The van der Waals surface area contributed by atoms with Gasteiger partial charge >= 0.3 is 0 Å². The van der Waals surface area contributed by atoms with E-state index in [0.717, 1.165) is 28.2 Å². The summed E-state index contributed by atoms with van der Waals surface area (Å²) in [6.45, 7) is 2.30. The van der Waals surface area contributed by atoms with Gasteiger partial charge in [-0.2, -0.15) is 0 Å². The van der Waals surface area contributed by atoms with Crippen molar-refractivity contribution in [2.45, 2.75) is 38.6 Å². The van der Waals surface area contributed by atoms with E-state index in [1.54, 1.807) is 0 Å². The third kappa shape index (κ3) is 2.82. The van der Waals surface area contributed by atoms with Gasteiger partial charge < -0.3 is 4.57 Å². The number of nitrogens with zero attached hydrogens (tertiary/aromatic N) is 2. The minimum atomic E-state index is 0.505. The number of halogens is 2. The van der Waals surface area contributed by atoms with Gasteiger partial charge in [-0.25, -0.2) is 4.98 Å². The second-order valence-corrected chi connectivity index (χ2v) is 6.79. The van der Waals surface area contributed by atoms with Crippen molar-refractivity contribution in [1.82, 2.24) is 9.55 Å². The number of benzene rings is 1. The van der Waals surface area contributed by atoms with Crippen molar-refractivity contribution in [1.29, 1.82) is 0 Å². The van der Waals surface area contributed by atoms with E-state index in [1.165, 1.54) is 24.8 Å². The van der Waals surface area contributed by atoms with Crippen LogP contribution in [-0.2, 0) is 6.42 Å². The molecule has 2 aromatic rings. The fourth-order valence-corrected chi connectivity index (χ4v) is 3.33. The van der Waals surface area contributed by atoms with Gasteiger partial charge in [0.25, 0.3) is 0 Å². The van der Waals surface area contributed by atoms with E-state index in [2.05, 4.69) is 45.6 Å². The van der Waals surface area contributed by atoms with E-state index < -0.39 is 0 Å². The zero-order valence-corrected chi connectivity index (χ0v) is 13.4. The maximum Gasteiger partial charge on any atom is 0.111 e. The molecule has 1 atom stereocenters. The first kappa shape index (κ1) is 13.4. The van der Waals surface area contributed by atoms with Gasteiger partial charge in [-0.3, -0.25) is 0 Å². The Labute approximate surface area is 127 Å². The summed E-state index contributed by atoms with van der Waals surface area (Å²) in [4.78, 5) is 4.75. The fraction of sp³-hybridized carbons (Fsp3) is 0.533. The average Bonchev–Trinajstić information content (AvgIpc) is 3.10. The highest BCUT2D eigenvalue weighted by Crippen LogP contribution is 2.38. The second-order valence-electron chi connectivity index (χ2n) is 5.50. The predicted molar refractivity (Wildman–Crippen MR) is 83.9 cm³/mol. The zero-order valence-electron chi connectivity index (χ0n) is 11.1. The molecule has 0 bridgehead atoms. The molecule has 1 unspecified atom stereocenters. The first-order valence-electron chi connectivity index (χ1n) is 6.91. The summed E-state index contributed by atoms with van der Waals surface area (Å²) in [5, 5.41) is 0. The molecule has 2 nitrogen and oxygen atoms in total. The summed E-state index contributed by atoms with van der Waals surface area (Å²) in [5.74, 6) is 2.67. The molecule has 1 saturated carbocycles. The molecule has 19 heavy (non-hydrogen) atoms. The molecule has 1 aromatic carbocycles. The monoisotopic (exact) mass is 340 g/mol. The molecule has 0 saturated heterocycles. The van der Waals surface area contributed by atoms with Crippen molar-refractivity contribution < 1.29 is 0 Å². The molecular formula is C15H18BrClN2. The Morgan fingerprint density at radius 2 is 2.26 bits per heavy atom. The van der Waals surface area contributed by atoms with Gasteiger partial charge in [0.2, 0.25) is 0 Å². The van der Waals surface area contributed by atoms with E-state index >= 15 is 0 Å². The highest BCUT2D eigenvalue weighted by Gasteiger charge is 2.26. The van der Waals surface area contributed by atoms with Crippen LogP contribution in [0.25, 0.3) is 11.0 Å². The minimum absolute atomic E-state index is 0.505. The molecule has 1 aromatic heterocycles. The molecule has 3 rings (SSSR count). The van der Waals surface area contributed by atoms with Crippen LogP contribution in [0, 0.1) is 5.92 Å². The molecule has 1 fully saturated rings. The first-order valence-corrected chi connectivity index (χ1v) is 8.24. The third-order valence-electron chi connectivity index (χ3n) is 3.85. The number of alkyl halides is 1. The standard InChI is InChI=1S/C15H18BrClN2/c1-10(8-11-2-3-11)19-14-9-12(16)4-5-13(14)18-15(19)6-7-17/h4-5,9-11H,2-3,6-8H2,1H3. The van der Waals surface area contributed by atoms with Crippen molar-refractivity contribution in [2.75, 3.05) is 5.88 Å². The van der Waals surface area contributed by atoms with Crippen LogP contribution >= 0.6 is 27.5 Å². The molecule has 0 amide bonds. The Morgan fingerprint density at radius 3 is 2.95 bits per heavy atom. The third-order valence-corrected chi connectivity index (χ3v) is 4.54. The number of imidazole rings is 1. The number of hydrogen-bond acceptors (Lipinski definition) is 1. The van der Waals surface area contributed by atoms with Crippen molar-refractivity contribution in [3.05, 3.63) is 28.5 Å². The van der Waals surface area contributed by atoms with Crippen molar-refractivity contribution in [2.24, 2.45) is 5.92 Å². The van der Waals surface area contributed by atoms with Crippen molar-refractivity contribution >= 4 is 38.6 Å². The lowest BCUT2D eigenvalue weighted by Gasteiger charge is -2.17. The Hall–Kier alpha value is -0.540. The van der Waals surface area contributed by atoms with Crippen LogP contribution in [0.5, 0.6) is 0 Å². The molecule has 1 aliphatic rings. The molecule has 1 heterocycles. The quantitative estimate of drug-likeness (QED) is 0.704. The largest absolute Gasteiger partial charge is 0.325 e. The number of hydrogen-bond donors (Lipinski definition) is 0. The van der Waals surface area contributed by atoms with E-state index in [0.29, 0.717) is 11.9 Å². The Kier molecular flexibility index (Phi) is 3.86. The van der Waals surface area contributed by atoms with Crippen LogP contribution in [0.3, 0.4) is 0 Å². The topological polar surface area (TPSA) is 17.8 Å².